The largest absolute Gasteiger partial charge is 0.481 e. The molecule has 0 unspecified atom stereocenters. The Hall–Kier alpha value is -3.10. The summed E-state index contributed by atoms with van der Waals surface area (Å²) in [6.07, 6.45) is 0.415. The second-order valence-electron chi connectivity index (χ2n) is 11.2. The van der Waals surface area contributed by atoms with Crippen molar-refractivity contribution < 1.29 is 36.3 Å². The van der Waals surface area contributed by atoms with Gasteiger partial charge in [-0.05, 0) is 43.4 Å². The maximum Gasteiger partial charge on any atom is 0.407 e. The fourth-order valence-electron chi connectivity index (χ4n) is 5.39. The molecule has 3 aliphatic carbocycles. The average molecular weight is 609 g/mol. The van der Waals surface area contributed by atoms with Gasteiger partial charge in [-0.3, -0.25) is 9.59 Å². The third kappa shape index (κ3) is 5.21. The van der Waals surface area contributed by atoms with Crippen molar-refractivity contribution in [2.75, 3.05) is 0 Å². The van der Waals surface area contributed by atoms with Gasteiger partial charge in [-0.1, -0.05) is 43.5 Å². The standard InChI is InChI=1S/C27H27F3N4O5S2/c28-27(29,30)26(8-9-26)34-41(38,39)24-18-7-2-1-6-17(18)19(13-31-24)21-20(10-14-4-3-5-14)33-23(40-21)22(35)32-16-11-15(12-16)25(36)37/h1-2,6-7,13-16,34H,3-5,8-12H2,(H,32,35)(H,36,37)/t15-,16-. The van der Waals surface area contributed by atoms with E-state index in [0.717, 1.165) is 30.6 Å². The molecule has 6 rings (SSSR count). The zero-order chi connectivity index (χ0) is 29.2. The molecule has 3 saturated carbocycles. The Morgan fingerprint density at radius 3 is 2.39 bits per heavy atom. The molecular weight excluding hydrogens is 581 g/mol. The van der Waals surface area contributed by atoms with Crippen LogP contribution in [0.3, 0.4) is 0 Å². The maximum absolute atomic E-state index is 13.5. The number of aromatic nitrogens is 2. The van der Waals surface area contributed by atoms with Crippen LogP contribution in [0.15, 0.2) is 35.5 Å². The van der Waals surface area contributed by atoms with Crippen LogP contribution in [0.4, 0.5) is 13.2 Å². The van der Waals surface area contributed by atoms with Gasteiger partial charge in [0.1, 0.15) is 5.54 Å². The minimum absolute atomic E-state index is 0.165. The number of hydrogen-bond donors (Lipinski definition) is 3. The Balaban J connectivity index is 1.35. The molecule has 2 heterocycles. The van der Waals surface area contributed by atoms with Crippen LogP contribution in [0.5, 0.6) is 0 Å². The van der Waals surface area contributed by atoms with E-state index in [2.05, 4.69) is 15.3 Å². The van der Waals surface area contributed by atoms with Gasteiger partial charge in [-0.25, -0.2) is 18.4 Å². The molecule has 41 heavy (non-hydrogen) atoms. The Morgan fingerprint density at radius 2 is 1.80 bits per heavy atom. The number of rotatable bonds is 9. The van der Waals surface area contributed by atoms with Crippen LogP contribution >= 0.6 is 11.3 Å². The van der Waals surface area contributed by atoms with E-state index in [4.69, 9.17) is 5.11 Å². The van der Waals surface area contributed by atoms with Crippen molar-refractivity contribution >= 4 is 44.0 Å². The number of aliphatic carboxylic acids is 1. The number of thiazole rings is 1. The summed E-state index contributed by atoms with van der Waals surface area (Å²) in [6.45, 7) is 0. The Kier molecular flexibility index (Phi) is 6.85. The first-order valence-electron chi connectivity index (χ1n) is 13.4. The number of hydrogen-bond acceptors (Lipinski definition) is 7. The number of carbonyl (C=O) groups is 2. The van der Waals surface area contributed by atoms with E-state index >= 15 is 0 Å². The summed E-state index contributed by atoms with van der Waals surface area (Å²) in [6, 6.07) is 6.21. The Bertz CT molecular complexity index is 1640. The average Bonchev–Trinajstić information content (AvgIpc) is 3.52. The van der Waals surface area contributed by atoms with Crippen LogP contribution in [0.2, 0.25) is 0 Å². The molecule has 14 heteroatoms. The second-order valence-corrected chi connectivity index (χ2v) is 13.8. The van der Waals surface area contributed by atoms with Crippen LogP contribution in [-0.2, 0) is 21.2 Å². The highest BCUT2D eigenvalue weighted by Gasteiger charge is 2.65. The first kappa shape index (κ1) is 28.0. The van der Waals surface area contributed by atoms with E-state index in [9.17, 15) is 31.2 Å². The normalized spacial score (nSPS) is 22.1. The summed E-state index contributed by atoms with van der Waals surface area (Å²) in [5.74, 6) is -1.38. The van der Waals surface area contributed by atoms with Crippen LogP contribution in [0.1, 0.15) is 60.4 Å². The number of carbonyl (C=O) groups excluding carboxylic acids is 1. The molecule has 218 valence electrons. The van der Waals surface area contributed by atoms with E-state index < -0.39 is 44.6 Å². The number of amides is 1. The molecule has 2 aromatic heterocycles. The Labute approximate surface area is 237 Å². The first-order chi connectivity index (χ1) is 19.4. The van der Waals surface area contributed by atoms with E-state index in [1.165, 1.54) is 12.3 Å². The fourth-order valence-corrected chi connectivity index (χ4v) is 8.00. The molecule has 3 aromatic rings. The highest BCUT2D eigenvalue weighted by molar-refractivity contribution is 7.89. The number of carboxylic acid groups (broad SMARTS) is 1. The quantitative estimate of drug-likeness (QED) is 0.321. The van der Waals surface area contributed by atoms with Crippen molar-refractivity contribution in [1.29, 1.82) is 0 Å². The second kappa shape index (κ2) is 10.0. The molecule has 0 bridgehead atoms. The molecule has 3 aliphatic rings. The van der Waals surface area contributed by atoms with Crippen molar-refractivity contribution in [3.8, 4) is 10.4 Å². The van der Waals surface area contributed by atoms with Crippen molar-refractivity contribution in [3.63, 3.8) is 0 Å². The molecule has 1 amide bonds. The molecule has 1 aromatic carbocycles. The van der Waals surface area contributed by atoms with Gasteiger partial charge < -0.3 is 10.4 Å². The lowest BCUT2D eigenvalue weighted by Crippen LogP contribution is -2.47. The summed E-state index contributed by atoms with van der Waals surface area (Å²) >= 11 is 1.14. The molecule has 9 nitrogen and oxygen atoms in total. The number of carboxylic acids is 1. The third-order valence-electron chi connectivity index (χ3n) is 8.30. The Morgan fingerprint density at radius 1 is 1.12 bits per heavy atom. The van der Waals surface area contributed by atoms with Crippen molar-refractivity contribution in [2.24, 2.45) is 11.8 Å². The van der Waals surface area contributed by atoms with Gasteiger partial charge in [0.05, 0.1) is 16.5 Å². The SMILES string of the molecule is O=C(N[C@H]1C[C@H](C(=O)O)C1)c1nc(CC2CCC2)c(-c2cnc(S(=O)(=O)NC3(C(F)(F)F)CC3)c3ccccc23)s1. The number of nitrogens with zero attached hydrogens (tertiary/aromatic N) is 2. The molecule has 3 N–H and O–H groups in total. The fraction of sp³-hybridized carbons (Fsp3) is 0.481. The molecular formula is C27H27F3N4O5S2. The minimum Gasteiger partial charge on any atom is -0.481 e. The highest BCUT2D eigenvalue weighted by Crippen LogP contribution is 2.50. The van der Waals surface area contributed by atoms with Crippen LogP contribution in [0.25, 0.3) is 21.2 Å². The van der Waals surface area contributed by atoms with Crippen molar-refractivity contribution in [2.45, 2.75) is 74.1 Å². The lowest BCUT2D eigenvalue weighted by atomic mass is 9.80. The van der Waals surface area contributed by atoms with Gasteiger partial charge in [0, 0.05) is 23.2 Å². The monoisotopic (exact) mass is 608 g/mol. The number of pyridine rings is 1. The van der Waals surface area contributed by atoms with E-state index in [1.54, 1.807) is 18.2 Å². The molecule has 3 fully saturated rings. The smallest absolute Gasteiger partial charge is 0.407 e. The van der Waals surface area contributed by atoms with E-state index in [-0.39, 0.29) is 29.3 Å². The molecule has 0 radical (unpaired) electrons. The lowest BCUT2D eigenvalue weighted by Gasteiger charge is -2.32. The van der Waals surface area contributed by atoms with Crippen molar-refractivity contribution in [3.05, 3.63) is 41.2 Å². The zero-order valence-electron chi connectivity index (χ0n) is 21.7. The van der Waals surface area contributed by atoms with Gasteiger partial charge in [-0.2, -0.15) is 17.9 Å². The van der Waals surface area contributed by atoms with Crippen LogP contribution in [0, 0.1) is 11.8 Å². The number of benzene rings is 1. The van der Waals surface area contributed by atoms with Crippen molar-refractivity contribution in [1.82, 2.24) is 20.0 Å². The lowest BCUT2D eigenvalue weighted by molar-refractivity contribution is -0.160. The van der Waals surface area contributed by atoms with Crippen LogP contribution < -0.4 is 10.0 Å². The van der Waals surface area contributed by atoms with Gasteiger partial charge >= 0.3 is 12.1 Å². The van der Waals surface area contributed by atoms with Gasteiger partial charge in [0.15, 0.2) is 10.0 Å². The number of halogens is 3. The number of fused-ring (bicyclic) bond motifs is 1. The predicted octanol–water partition coefficient (Wildman–Crippen LogP) is 4.67. The highest BCUT2D eigenvalue weighted by atomic mass is 32.2. The van der Waals surface area contributed by atoms with Crippen LogP contribution in [-0.4, -0.2) is 53.1 Å². The van der Waals surface area contributed by atoms with Gasteiger partial charge in [-0.15, -0.1) is 11.3 Å². The maximum atomic E-state index is 13.5. The number of sulfonamides is 1. The van der Waals surface area contributed by atoms with Gasteiger partial charge in [0.2, 0.25) is 0 Å². The third-order valence-corrected chi connectivity index (χ3v) is 10.9. The topological polar surface area (TPSA) is 138 Å². The summed E-state index contributed by atoms with van der Waals surface area (Å²) in [7, 11) is -4.62. The molecule has 0 aliphatic heterocycles. The van der Waals surface area contributed by atoms with E-state index in [0.29, 0.717) is 46.7 Å². The van der Waals surface area contributed by atoms with E-state index in [1.807, 2.05) is 4.72 Å². The number of alkyl halides is 3. The zero-order valence-corrected chi connectivity index (χ0v) is 23.3. The summed E-state index contributed by atoms with van der Waals surface area (Å²) in [4.78, 5) is 33.6. The summed E-state index contributed by atoms with van der Waals surface area (Å²) in [5, 5.41) is 12.3. The minimum atomic E-state index is -4.72. The molecule has 0 spiro atoms. The predicted molar refractivity (Wildman–Crippen MR) is 144 cm³/mol. The van der Waals surface area contributed by atoms with Gasteiger partial charge in [0.25, 0.3) is 15.9 Å². The summed E-state index contributed by atoms with van der Waals surface area (Å²) in [5.41, 5.74) is -1.26. The summed E-state index contributed by atoms with van der Waals surface area (Å²) < 4.78 is 68.8. The molecule has 0 saturated heterocycles. The number of nitrogens with one attached hydrogen (secondary N) is 2. The first-order valence-corrected chi connectivity index (χ1v) is 15.7. The molecule has 0 atom stereocenters.